The number of carbonyl (C=O) groups is 1. The van der Waals surface area contributed by atoms with E-state index in [0.717, 1.165) is 22.0 Å². The number of fused-ring (bicyclic) bond motifs is 1. The average molecular weight is 440 g/mol. The monoisotopic (exact) mass is 439 g/mol. The largest absolute Gasteiger partial charge is 0.456 e. The number of halogens is 1. The summed E-state index contributed by atoms with van der Waals surface area (Å²) in [6.45, 7) is -0.0244. The number of esters is 1. The zero-order valence-electron chi connectivity index (χ0n) is 15.0. The molecule has 0 aliphatic heterocycles. The molecule has 0 unspecified atom stereocenters. The summed E-state index contributed by atoms with van der Waals surface area (Å²) in [6, 6.07) is 15.7. The zero-order valence-corrected chi connectivity index (χ0v) is 16.6. The van der Waals surface area contributed by atoms with Crippen molar-refractivity contribution in [3.63, 3.8) is 0 Å². The third-order valence-corrected chi connectivity index (χ3v) is 5.12. The topological polar surface area (TPSA) is 81.0 Å². The van der Waals surface area contributed by atoms with Gasteiger partial charge in [-0.25, -0.2) is 0 Å². The lowest BCUT2D eigenvalue weighted by Gasteiger charge is -2.02. The summed E-state index contributed by atoms with van der Waals surface area (Å²) < 4.78 is 11.7. The van der Waals surface area contributed by atoms with Crippen LogP contribution in [0, 0.1) is 0 Å². The molecule has 0 saturated heterocycles. The second-order valence-electron chi connectivity index (χ2n) is 6.35. The summed E-state index contributed by atoms with van der Waals surface area (Å²) in [5.74, 6) is 0.383. The van der Waals surface area contributed by atoms with Gasteiger partial charge in [0.1, 0.15) is 0 Å². The summed E-state index contributed by atoms with van der Waals surface area (Å²) in [4.78, 5) is 15.3. The molecule has 2 aromatic heterocycles. The third kappa shape index (κ3) is 4.14. The molecular weight excluding hydrogens is 422 g/mol. The van der Waals surface area contributed by atoms with Crippen LogP contribution in [0.25, 0.3) is 22.4 Å². The van der Waals surface area contributed by atoms with Crippen LogP contribution in [0.1, 0.15) is 24.3 Å². The van der Waals surface area contributed by atoms with Crippen LogP contribution in [0.3, 0.4) is 0 Å². The number of hydrogen-bond acceptors (Lipinski definition) is 5. The molecule has 6 nitrogen and oxygen atoms in total. The second kappa shape index (κ2) is 8.39. The molecule has 142 valence electrons. The fourth-order valence-corrected chi connectivity index (χ4v) is 3.49. The lowest BCUT2D eigenvalue weighted by Crippen LogP contribution is -2.05. The van der Waals surface area contributed by atoms with Crippen LogP contribution >= 0.6 is 15.9 Å². The lowest BCUT2D eigenvalue weighted by molar-refractivity contribution is -0.145. The van der Waals surface area contributed by atoms with Gasteiger partial charge in [-0.15, -0.1) is 10.2 Å². The fraction of sp³-hybridized carbons (Fsp3) is 0.190. The number of aromatic amines is 1. The highest BCUT2D eigenvalue weighted by Crippen LogP contribution is 2.26. The SMILES string of the molecule is O=C(CCCc1c[nH]c2ccccc12)OCc1nnc(-c2ccccc2Br)o1. The van der Waals surface area contributed by atoms with E-state index in [-0.39, 0.29) is 18.5 Å². The van der Waals surface area contributed by atoms with E-state index in [1.54, 1.807) is 0 Å². The molecule has 7 heteroatoms. The van der Waals surface area contributed by atoms with Crippen molar-refractivity contribution in [3.05, 3.63) is 70.7 Å². The molecule has 2 heterocycles. The number of nitrogens with zero attached hydrogens (tertiary/aromatic N) is 2. The number of rotatable bonds is 7. The molecule has 0 aliphatic rings. The Morgan fingerprint density at radius 3 is 2.82 bits per heavy atom. The van der Waals surface area contributed by atoms with Gasteiger partial charge in [0, 0.05) is 28.0 Å². The fourth-order valence-electron chi connectivity index (χ4n) is 3.03. The molecule has 2 aromatic carbocycles. The van der Waals surface area contributed by atoms with Crippen molar-refractivity contribution < 1.29 is 13.9 Å². The Morgan fingerprint density at radius 2 is 1.93 bits per heavy atom. The molecule has 0 fully saturated rings. The summed E-state index contributed by atoms with van der Waals surface area (Å²) in [5.41, 5.74) is 3.11. The molecule has 4 aromatic rings. The maximum Gasteiger partial charge on any atom is 0.306 e. The van der Waals surface area contributed by atoms with Crippen molar-refractivity contribution in [2.45, 2.75) is 25.9 Å². The van der Waals surface area contributed by atoms with E-state index in [4.69, 9.17) is 9.15 Å². The van der Waals surface area contributed by atoms with Crippen molar-refractivity contribution in [2.75, 3.05) is 0 Å². The van der Waals surface area contributed by atoms with Gasteiger partial charge in [0.15, 0.2) is 6.61 Å². The Balaban J connectivity index is 1.26. The zero-order chi connectivity index (χ0) is 19.3. The average Bonchev–Trinajstić information content (AvgIpc) is 3.34. The molecule has 0 amide bonds. The van der Waals surface area contributed by atoms with E-state index in [1.807, 2.05) is 48.7 Å². The van der Waals surface area contributed by atoms with Gasteiger partial charge < -0.3 is 14.1 Å². The molecule has 0 spiro atoms. The number of aromatic nitrogens is 3. The van der Waals surface area contributed by atoms with Crippen LogP contribution in [0.4, 0.5) is 0 Å². The molecule has 0 atom stereocenters. The normalized spacial score (nSPS) is 11.0. The van der Waals surface area contributed by atoms with Crippen LogP contribution < -0.4 is 0 Å². The molecule has 0 bridgehead atoms. The van der Waals surface area contributed by atoms with Crippen molar-refractivity contribution in [1.82, 2.24) is 15.2 Å². The highest BCUT2D eigenvalue weighted by molar-refractivity contribution is 9.10. The first-order valence-corrected chi connectivity index (χ1v) is 9.78. The van der Waals surface area contributed by atoms with Crippen LogP contribution in [-0.4, -0.2) is 21.2 Å². The van der Waals surface area contributed by atoms with Gasteiger partial charge in [0.2, 0.25) is 5.89 Å². The van der Waals surface area contributed by atoms with Gasteiger partial charge in [-0.2, -0.15) is 0 Å². The van der Waals surface area contributed by atoms with Crippen LogP contribution in [0.5, 0.6) is 0 Å². The number of para-hydroxylation sites is 1. The van der Waals surface area contributed by atoms with Crippen molar-refractivity contribution in [1.29, 1.82) is 0 Å². The summed E-state index contributed by atoms with van der Waals surface area (Å²) in [6.07, 6.45) is 3.86. The van der Waals surface area contributed by atoms with Gasteiger partial charge in [-0.05, 0) is 52.5 Å². The van der Waals surface area contributed by atoms with Crippen LogP contribution in [0.15, 0.2) is 63.6 Å². The summed E-state index contributed by atoms with van der Waals surface area (Å²) in [7, 11) is 0. The number of carbonyl (C=O) groups excluding carboxylic acids is 1. The van der Waals surface area contributed by atoms with Crippen molar-refractivity contribution >= 4 is 32.8 Å². The Bertz CT molecular complexity index is 1100. The Hall–Kier alpha value is -2.93. The molecule has 0 saturated carbocycles. The van der Waals surface area contributed by atoms with E-state index in [1.165, 1.54) is 10.9 Å². The predicted octanol–water partition coefficient (Wildman–Crippen LogP) is 5.05. The van der Waals surface area contributed by atoms with Crippen LogP contribution in [0.2, 0.25) is 0 Å². The minimum absolute atomic E-state index is 0.0244. The minimum Gasteiger partial charge on any atom is -0.456 e. The van der Waals surface area contributed by atoms with Gasteiger partial charge in [-0.1, -0.05) is 30.3 Å². The molecular formula is C21H18BrN3O3. The maximum atomic E-state index is 12.0. The number of nitrogens with one attached hydrogen (secondary N) is 1. The first-order valence-electron chi connectivity index (χ1n) is 8.98. The molecule has 1 N–H and O–H groups in total. The Morgan fingerprint density at radius 1 is 1.11 bits per heavy atom. The number of aryl methyl sites for hydroxylation is 1. The number of hydrogen-bond donors (Lipinski definition) is 1. The Kier molecular flexibility index (Phi) is 5.53. The number of benzene rings is 2. The van der Waals surface area contributed by atoms with Crippen LogP contribution in [-0.2, 0) is 22.6 Å². The number of H-pyrrole nitrogens is 1. The first-order chi connectivity index (χ1) is 13.7. The molecule has 0 radical (unpaired) electrons. The van der Waals surface area contributed by atoms with E-state index >= 15 is 0 Å². The number of ether oxygens (including phenoxy) is 1. The second-order valence-corrected chi connectivity index (χ2v) is 7.21. The van der Waals surface area contributed by atoms with E-state index < -0.39 is 0 Å². The van der Waals surface area contributed by atoms with Crippen molar-refractivity contribution in [3.8, 4) is 11.5 Å². The quantitative estimate of drug-likeness (QED) is 0.407. The highest BCUT2D eigenvalue weighted by atomic mass is 79.9. The molecule has 28 heavy (non-hydrogen) atoms. The standard InChI is InChI=1S/C21H18BrN3O3/c22-17-9-3-1-8-16(17)21-25-24-19(28-21)13-27-20(26)11-5-6-14-12-23-18-10-4-2-7-15(14)18/h1-4,7-10,12,23H,5-6,11,13H2. The minimum atomic E-state index is -0.277. The van der Waals surface area contributed by atoms with Crippen molar-refractivity contribution in [2.24, 2.45) is 0 Å². The summed E-state index contributed by atoms with van der Waals surface area (Å²) >= 11 is 3.45. The lowest BCUT2D eigenvalue weighted by atomic mass is 10.1. The van der Waals surface area contributed by atoms with Gasteiger partial charge in [0.05, 0.1) is 5.56 Å². The smallest absolute Gasteiger partial charge is 0.306 e. The molecule has 0 aliphatic carbocycles. The third-order valence-electron chi connectivity index (χ3n) is 4.43. The summed E-state index contributed by atoms with van der Waals surface area (Å²) in [5, 5.41) is 9.15. The maximum absolute atomic E-state index is 12.0. The van der Waals surface area contributed by atoms with Gasteiger partial charge in [0.25, 0.3) is 5.89 Å². The first kappa shape index (κ1) is 18.4. The van der Waals surface area contributed by atoms with E-state index in [2.05, 4.69) is 37.2 Å². The van der Waals surface area contributed by atoms with E-state index in [0.29, 0.717) is 18.7 Å². The van der Waals surface area contributed by atoms with Gasteiger partial charge >= 0.3 is 5.97 Å². The molecule has 4 rings (SSSR count). The Labute approximate surface area is 170 Å². The van der Waals surface area contributed by atoms with E-state index in [9.17, 15) is 4.79 Å². The van der Waals surface area contributed by atoms with Gasteiger partial charge in [-0.3, -0.25) is 4.79 Å². The predicted molar refractivity (Wildman–Crippen MR) is 108 cm³/mol. The highest BCUT2D eigenvalue weighted by Gasteiger charge is 2.13.